The maximum absolute atomic E-state index is 9.26. The van der Waals surface area contributed by atoms with E-state index < -0.39 is 5.79 Å². The molecule has 1 aromatic rings. The molecule has 21 heavy (non-hydrogen) atoms. The highest BCUT2D eigenvalue weighted by molar-refractivity contribution is 5.13. The highest BCUT2D eigenvalue weighted by Crippen LogP contribution is 2.43. The Morgan fingerprint density at radius 3 is 2.71 bits per heavy atom. The molecule has 4 nitrogen and oxygen atoms in total. The summed E-state index contributed by atoms with van der Waals surface area (Å²) in [5.74, 6) is -0.238. The van der Waals surface area contributed by atoms with Gasteiger partial charge in [0.25, 0.3) is 0 Å². The Labute approximate surface area is 126 Å². The summed E-state index contributed by atoms with van der Waals surface area (Å²) in [5, 5.41) is 9.26. The molecule has 1 aliphatic heterocycles. The lowest BCUT2D eigenvalue weighted by molar-refractivity contribution is -0.175. The average Bonchev–Trinajstić information content (AvgIpc) is 2.90. The van der Waals surface area contributed by atoms with Crippen LogP contribution in [0.5, 0.6) is 0 Å². The summed E-state index contributed by atoms with van der Waals surface area (Å²) < 4.78 is 18.1. The van der Waals surface area contributed by atoms with E-state index in [4.69, 9.17) is 14.2 Å². The van der Waals surface area contributed by atoms with E-state index in [0.29, 0.717) is 12.5 Å². The Morgan fingerprint density at radius 1 is 1.24 bits per heavy atom. The molecule has 1 saturated heterocycles. The molecule has 2 fully saturated rings. The molecule has 1 N–H and O–H groups in total. The van der Waals surface area contributed by atoms with Gasteiger partial charge in [-0.25, -0.2) is 0 Å². The minimum atomic E-state index is -0.534. The topological polar surface area (TPSA) is 47.9 Å². The first-order valence-electron chi connectivity index (χ1n) is 7.71. The summed E-state index contributed by atoms with van der Waals surface area (Å²) in [4.78, 5) is 0. The summed E-state index contributed by atoms with van der Waals surface area (Å²) in [6.07, 6.45) is 1.68. The van der Waals surface area contributed by atoms with Gasteiger partial charge in [-0.2, -0.15) is 0 Å². The van der Waals surface area contributed by atoms with Crippen molar-refractivity contribution in [3.05, 3.63) is 35.9 Å². The first-order chi connectivity index (χ1) is 10.1. The Morgan fingerprint density at radius 2 is 2.00 bits per heavy atom. The van der Waals surface area contributed by atoms with Crippen LogP contribution in [0.2, 0.25) is 0 Å². The normalized spacial score (nSPS) is 34.0. The lowest BCUT2D eigenvalue weighted by Crippen LogP contribution is -2.34. The van der Waals surface area contributed by atoms with Crippen LogP contribution >= 0.6 is 0 Å². The number of rotatable bonds is 5. The Bertz CT molecular complexity index is 459. The first kappa shape index (κ1) is 15.0. The second-order valence-corrected chi connectivity index (χ2v) is 6.41. The molecule has 0 amide bonds. The molecule has 2 aliphatic rings. The van der Waals surface area contributed by atoms with Crippen molar-refractivity contribution < 1.29 is 19.3 Å². The number of aliphatic hydroxyl groups excluding tert-OH is 1. The fourth-order valence-corrected chi connectivity index (χ4v) is 3.47. The molecular weight excluding hydrogens is 268 g/mol. The van der Waals surface area contributed by atoms with Crippen molar-refractivity contribution >= 4 is 0 Å². The van der Waals surface area contributed by atoms with Gasteiger partial charge in [0.15, 0.2) is 5.79 Å². The zero-order chi connectivity index (χ0) is 14.9. The zero-order valence-corrected chi connectivity index (χ0v) is 12.7. The molecular formula is C17H24O4. The largest absolute Gasteiger partial charge is 0.396 e. The van der Waals surface area contributed by atoms with E-state index in [1.165, 1.54) is 0 Å². The molecule has 116 valence electrons. The zero-order valence-electron chi connectivity index (χ0n) is 12.7. The lowest BCUT2D eigenvalue weighted by Gasteiger charge is -2.26. The fourth-order valence-electron chi connectivity index (χ4n) is 3.47. The van der Waals surface area contributed by atoms with Crippen LogP contribution in [-0.2, 0) is 20.8 Å². The van der Waals surface area contributed by atoms with Crippen LogP contribution in [0.1, 0.15) is 32.3 Å². The van der Waals surface area contributed by atoms with Crippen molar-refractivity contribution in [1.82, 2.24) is 0 Å². The van der Waals surface area contributed by atoms with Crippen molar-refractivity contribution in [2.45, 2.75) is 57.4 Å². The highest BCUT2D eigenvalue weighted by atomic mass is 16.8. The van der Waals surface area contributed by atoms with Gasteiger partial charge in [-0.3, -0.25) is 0 Å². The van der Waals surface area contributed by atoms with Crippen LogP contribution in [0.25, 0.3) is 0 Å². The summed E-state index contributed by atoms with van der Waals surface area (Å²) in [7, 11) is 0. The van der Waals surface area contributed by atoms with Crippen LogP contribution in [0.4, 0.5) is 0 Å². The number of ether oxygens (including phenoxy) is 3. The molecule has 4 atom stereocenters. The quantitative estimate of drug-likeness (QED) is 0.906. The SMILES string of the molecule is CC1(C)O[C@H]2[C@@H](OCc3ccccc3)[C@H](CCO)C[C@H]2O1. The van der Waals surface area contributed by atoms with Crippen molar-refractivity contribution in [1.29, 1.82) is 0 Å². The van der Waals surface area contributed by atoms with Gasteiger partial charge in [0.1, 0.15) is 6.10 Å². The van der Waals surface area contributed by atoms with Gasteiger partial charge >= 0.3 is 0 Å². The lowest BCUT2D eigenvalue weighted by atomic mass is 10.0. The maximum atomic E-state index is 9.26. The molecule has 1 saturated carbocycles. The van der Waals surface area contributed by atoms with Crippen LogP contribution in [-0.4, -0.2) is 35.8 Å². The van der Waals surface area contributed by atoms with Crippen LogP contribution in [0.3, 0.4) is 0 Å². The third-order valence-electron chi connectivity index (χ3n) is 4.33. The van der Waals surface area contributed by atoms with Gasteiger partial charge in [0.05, 0.1) is 18.8 Å². The van der Waals surface area contributed by atoms with Crippen LogP contribution in [0.15, 0.2) is 30.3 Å². The van der Waals surface area contributed by atoms with Crippen molar-refractivity contribution in [2.24, 2.45) is 5.92 Å². The molecule has 1 aliphatic carbocycles. The number of aliphatic hydroxyl groups is 1. The molecule has 0 aromatic heterocycles. The Hall–Kier alpha value is -0.940. The van der Waals surface area contributed by atoms with Gasteiger partial charge < -0.3 is 19.3 Å². The van der Waals surface area contributed by atoms with E-state index in [0.717, 1.165) is 18.4 Å². The van der Waals surface area contributed by atoms with Crippen LogP contribution in [0, 0.1) is 5.92 Å². The molecule has 0 radical (unpaired) electrons. The molecule has 0 spiro atoms. The second-order valence-electron chi connectivity index (χ2n) is 6.41. The van der Waals surface area contributed by atoms with Gasteiger partial charge in [0, 0.05) is 6.61 Å². The highest BCUT2D eigenvalue weighted by Gasteiger charge is 2.53. The summed E-state index contributed by atoms with van der Waals surface area (Å²) in [6.45, 7) is 4.64. The standard InChI is InChI=1S/C17H24O4/c1-17(2)20-14-10-13(8-9-18)15(16(14)21-17)19-11-12-6-4-3-5-7-12/h3-7,13-16,18H,8-11H2,1-2H3/t13-,14-,15+,16-/m1/s1. The van der Waals surface area contributed by atoms with Crippen molar-refractivity contribution in [3.8, 4) is 0 Å². The van der Waals surface area contributed by atoms with E-state index in [-0.39, 0.29) is 24.9 Å². The number of fused-ring (bicyclic) bond motifs is 1. The van der Waals surface area contributed by atoms with Gasteiger partial charge in [-0.05, 0) is 38.2 Å². The Kier molecular flexibility index (Phi) is 4.31. The summed E-state index contributed by atoms with van der Waals surface area (Å²) >= 11 is 0. The second kappa shape index (κ2) is 6.05. The van der Waals surface area contributed by atoms with Crippen LogP contribution < -0.4 is 0 Å². The van der Waals surface area contributed by atoms with Gasteiger partial charge in [-0.1, -0.05) is 30.3 Å². The average molecular weight is 292 g/mol. The molecule has 0 bridgehead atoms. The molecule has 1 aromatic carbocycles. The predicted molar refractivity (Wildman–Crippen MR) is 78.7 cm³/mol. The van der Waals surface area contributed by atoms with Crippen molar-refractivity contribution in [3.63, 3.8) is 0 Å². The first-order valence-corrected chi connectivity index (χ1v) is 7.71. The van der Waals surface area contributed by atoms with Crippen molar-refractivity contribution in [2.75, 3.05) is 6.61 Å². The molecule has 4 heteroatoms. The third kappa shape index (κ3) is 3.29. The number of benzene rings is 1. The van der Waals surface area contributed by atoms with Gasteiger partial charge in [-0.15, -0.1) is 0 Å². The minimum absolute atomic E-state index is 0.0101. The Balaban J connectivity index is 1.67. The monoisotopic (exact) mass is 292 g/mol. The number of hydrogen-bond acceptors (Lipinski definition) is 4. The smallest absolute Gasteiger partial charge is 0.163 e. The number of hydrogen-bond donors (Lipinski definition) is 1. The summed E-state index contributed by atoms with van der Waals surface area (Å²) in [5.41, 5.74) is 1.15. The van der Waals surface area contributed by atoms with E-state index >= 15 is 0 Å². The fraction of sp³-hybridized carbons (Fsp3) is 0.647. The maximum Gasteiger partial charge on any atom is 0.163 e. The molecule has 3 rings (SSSR count). The van der Waals surface area contributed by atoms with E-state index in [1.807, 2.05) is 32.0 Å². The summed E-state index contributed by atoms with van der Waals surface area (Å²) in [6, 6.07) is 10.1. The van der Waals surface area contributed by atoms with Gasteiger partial charge in [0.2, 0.25) is 0 Å². The van der Waals surface area contributed by atoms with E-state index in [9.17, 15) is 5.11 Å². The minimum Gasteiger partial charge on any atom is -0.396 e. The third-order valence-corrected chi connectivity index (χ3v) is 4.33. The molecule has 0 unspecified atom stereocenters. The van der Waals surface area contributed by atoms with E-state index in [2.05, 4.69) is 12.1 Å². The predicted octanol–water partition coefficient (Wildman–Crippen LogP) is 2.49. The molecule has 1 heterocycles. The van der Waals surface area contributed by atoms with E-state index in [1.54, 1.807) is 0 Å².